The zero-order valence-corrected chi connectivity index (χ0v) is 13.4. The number of nitrogens with two attached hydrogens (primary N) is 1. The van der Waals surface area contributed by atoms with Crippen molar-refractivity contribution in [1.82, 2.24) is 14.3 Å². The highest BCUT2D eigenvalue weighted by Gasteiger charge is 2.34. The first-order chi connectivity index (χ1) is 10.7. The van der Waals surface area contributed by atoms with Gasteiger partial charge in [0.1, 0.15) is 5.82 Å². The van der Waals surface area contributed by atoms with E-state index in [0.29, 0.717) is 6.54 Å². The number of likely N-dealkylation sites (tertiary alicyclic amines) is 1. The van der Waals surface area contributed by atoms with E-state index >= 15 is 0 Å². The molecule has 1 saturated heterocycles. The van der Waals surface area contributed by atoms with E-state index in [2.05, 4.69) is 38.5 Å². The number of benzene rings is 1. The third kappa shape index (κ3) is 3.63. The summed E-state index contributed by atoms with van der Waals surface area (Å²) in [7, 11) is 0. The van der Waals surface area contributed by atoms with E-state index in [-0.39, 0.29) is 10.3 Å². The highest BCUT2D eigenvalue weighted by atomic mass is 32.1. The molecule has 118 valence electrons. The summed E-state index contributed by atoms with van der Waals surface area (Å²) < 4.78 is 4.19. The maximum atomic E-state index is 11.2. The van der Waals surface area contributed by atoms with Crippen LogP contribution in [0.1, 0.15) is 24.2 Å². The molecule has 0 aliphatic carbocycles. The number of aromatic nitrogens is 2. The molecule has 2 aromatic rings. The minimum absolute atomic E-state index is 0.0736. The first kappa shape index (κ1) is 15.4. The van der Waals surface area contributed by atoms with Crippen molar-refractivity contribution in [3.05, 3.63) is 51.4 Å². The monoisotopic (exact) mass is 318 g/mol. The van der Waals surface area contributed by atoms with Gasteiger partial charge in [0.25, 0.3) is 0 Å². The zero-order chi connectivity index (χ0) is 15.4. The van der Waals surface area contributed by atoms with E-state index < -0.39 is 0 Å². The van der Waals surface area contributed by atoms with Gasteiger partial charge >= 0.3 is 4.87 Å². The summed E-state index contributed by atoms with van der Waals surface area (Å²) in [6.07, 6.45) is 2.88. The van der Waals surface area contributed by atoms with Gasteiger partial charge in [0.15, 0.2) is 0 Å². The Bertz CT molecular complexity index is 643. The highest BCUT2D eigenvalue weighted by Crippen LogP contribution is 2.33. The van der Waals surface area contributed by atoms with Crippen molar-refractivity contribution in [1.29, 1.82) is 0 Å². The van der Waals surface area contributed by atoms with Gasteiger partial charge in [-0.05, 0) is 43.5 Å². The van der Waals surface area contributed by atoms with Crippen LogP contribution in [0.25, 0.3) is 0 Å². The number of hydrogen-bond donors (Lipinski definition) is 2. The van der Waals surface area contributed by atoms with E-state index in [1.165, 1.54) is 5.56 Å². The zero-order valence-electron chi connectivity index (χ0n) is 12.6. The predicted molar refractivity (Wildman–Crippen MR) is 88.9 cm³/mol. The number of rotatable bonds is 5. The summed E-state index contributed by atoms with van der Waals surface area (Å²) >= 11 is 0.992. The molecular formula is C16H22N4OS. The normalized spacial score (nSPS) is 18.4. The van der Waals surface area contributed by atoms with Crippen LogP contribution in [-0.2, 0) is 13.0 Å². The molecule has 2 heterocycles. The molecule has 0 atom stereocenters. The highest BCUT2D eigenvalue weighted by molar-refractivity contribution is 7.02. The van der Waals surface area contributed by atoms with Gasteiger partial charge in [-0.2, -0.15) is 4.37 Å². The fourth-order valence-corrected chi connectivity index (χ4v) is 3.64. The lowest BCUT2D eigenvalue weighted by Gasteiger charge is -2.40. The lowest BCUT2D eigenvalue weighted by atomic mass is 9.75. The fourth-order valence-electron chi connectivity index (χ4n) is 3.17. The number of nitrogens with zero attached hydrogens (tertiary/aromatic N) is 2. The molecule has 0 saturated carbocycles. The minimum atomic E-state index is -0.0799. The summed E-state index contributed by atoms with van der Waals surface area (Å²) in [5, 5.41) is 0. The van der Waals surface area contributed by atoms with Crippen LogP contribution in [0.2, 0.25) is 0 Å². The van der Waals surface area contributed by atoms with E-state index in [9.17, 15) is 4.79 Å². The summed E-state index contributed by atoms with van der Waals surface area (Å²) in [5.41, 5.74) is 7.48. The lowest BCUT2D eigenvalue weighted by Crippen LogP contribution is -2.45. The summed E-state index contributed by atoms with van der Waals surface area (Å²) in [4.78, 5) is 16.5. The maximum Gasteiger partial charge on any atom is 0.323 e. The van der Waals surface area contributed by atoms with Gasteiger partial charge in [-0.15, -0.1) is 0 Å². The quantitative estimate of drug-likeness (QED) is 0.878. The van der Waals surface area contributed by atoms with Crippen LogP contribution in [0.3, 0.4) is 0 Å². The second-order valence-corrected chi connectivity index (χ2v) is 6.92. The average molecular weight is 318 g/mol. The first-order valence-electron chi connectivity index (χ1n) is 7.70. The van der Waals surface area contributed by atoms with Crippen molar-refractivity contribution in [2.24, 2.45) is 11.1 Å². The van der Waals surface area contributed by atoms with Crippen LogP contribution in [0, 0.1) is 5.41 Å². The van der Waals surface area contributed by atoms with Crippen molar-refractivity contribution < 1.29 is 0 Å². The number of piperidine rings is 1. The Labute approximate surface area is 134 Å². The van der Waals surface area contributed by atoms with E-state index in [1.54, 1.807) is 0 Å². The van der Waals surface area contributed by atoms with Crippen LogP contribution < -0.4 is 10.6 Å². The molecule has 1 aliphatic rings. The van der Waals surface area contributed by atoms with Crippen LogP contribution in [0.15, 0.2) is 35.1 Å². The molecule has 6 heteroatoms. The Morgan fingerprint density at radius 2 is 2.00 bits per heavy atom. The van der Waals surface area contributed by atoms with Gasteiger partial charge in [-0.3, -0.25) is 14.7 Å². The molecule has 1 fully saturated rings. The third-order valence-corrected chi connectivity index (χ3v) is 5.21. The molecule has 0 radical (unpaired) electrons. The minimum Gasteiger partial charge on any atom is -0.330 e. The van der Waals surface area contributed by atoms with E-state index in [1.807, 2.05) is 6.07 Å². The Morgan fingerprint density at radius 1 is 1.27 bits per heavy atom. The Balaban J connectivity index is 1.60. The van der Waals surface area contributed by atoms with Crippen LogP contribution in [-0.4, -0.2) is 33.9 Å². The van der Waals surface area contributed by atoms with Crippen molar-refractivity contribution >= 4 is 11.5 Å². The van der Waals surface area contributed by atoms with E-state index in [0.717, 1.165) is 56.3 Å². The van der Waals surface area contributed by atoms with Crippen molar-refractivity contribution in [3.63, 3.8) is 0 Å². The topological polar surface area (TPSA) is 75.0 Å². The van der Waals surface area contributed by atoms with Gasteiger partial charge < -0.3 is 5.73 Å². The van der Waals surface area contributed by atoms with Crippen LogP contribution >= 0.6 is 11.5 Å². The molecule has 1 aliphatic heterocycles. The molecule has 0 unspecified atom stereocenters. The fraction of sp³-hybridized carbons (Fsp3) is 0.500. The molecule has 0 amide bonds. The Hall–Kier alpha value is -1.50. The standard InChI is InChI=1S/C16H22N4OS/c17-12-16(10-14-18-15(21)22-19-14)6-8-20(9-7-16)11-13-4-2-1-3-5-13/h1-5H,6-12,17H2,(H,18,19,21). The smallest absolute Gasteiger partial charge is 0.323 e. The third-order valence-electron chi connectivity index (χ3n) is 4.63. The predicted octanol–water partition coefficient (Wildman–Crippen LogP) is 1.61. The summed E-state index contributed by atoms with van der Waals surface area (Å²) in [6, 6.07) is 10.6. The molecule has 1 aromatic heterocycles. The van der Waals surface area contributed by atoms with Gasteiger partial charge in [0, 0.05) is 24.5 Å². The van der Waals surface area contributed by atoms with Crippen molar-refractivity contribution in [2.45, 2.75) is 25.8 Å². The molecular weight excluding hydrogens is 296 g/mol. The van der Waals surface area contributed by atoms with Gasteiger partial charge in [0.05, 0.1) is 0 Å². The summed E-state index contributed by atoms with van der Waals surface area (Å²) in [5.74, 6) is 0.789. The maximum absolute atomic E-state index is 11.2. The second kappa shape index (κ2) is 6.73. The van der Waals surface area contributed by atoms with Crippen LogP contribution in [0.5, 0.6) is 0 Å². The molecule has 1 aromatic carbocycles. The number of H-pyrrole nitrogens is 1. The molecule has 5 nitrogen and oxygen atoms in total. The van der Waals surface area contributed by atoms with Gasteiger partial charge in [-0.25, -0.2) is 0 Å². The lowest BCUT2D eigenvalue weighted by molar-refractivity contribution is 0.103. The molecule has 3 N–H and O–H groups in total. The number of aromatic amines is 1. The van der Waals surface area contributed by atoms with Crippen molar-refractivity contribution in [3.8, 4) is 0 Å². The molecule has 3 rings (SSSR count). The Kier molecular flexibility index (Phi) is 4.71. The molecule has 0 bridgehead atoms. The molecule has 22 heavy (non-hydrogen) atoms. The Morgan fingerprint density at radius 3 is 2.59 bits per heavy atom. The van der Waals surface area contributed by atoms with Gasteiger partial charge in [-0.1, -0.05) is 30.3 Å². The van der Waals surface area contributed by atoms with E-state index in [4.69, 9.17) is 5.73 Å². The average Bonchev–Trinajstić information content (AvgIpc) is 2.95. The molecule has 0 spiro atoms. The van der Waals surface area contributed by atoms with Gasteiger partial charge in [0.2, 0.25) is 0 Å². The second-order valence-electron chi connectivity index (χ2n) is 6.18. The number of hydrogen-bond acceptors (Lipinski definition) is 5. The SMILES string of the molecule is NCC1(Cc2nsc(=O)[nH]2)CCN(Cc2ccccc2)CC1. The first-order valence-corrected chi connectivity index (χ1v) is 8.48. The number of nitrogens with one attached hydrogen (secondary N) is 1. The summed E-state index contributed by atoms with van der Waals surface area (Å²) in [6.45, 7) is 3.72. The van der Waals surface area contributed by atoms with Crippen molar-refractivity contribution in [2.75, 3.05) is 19.6 Å². The van der Waals surface area contributed by atoms with Crippen LogP contribution in [0.4, 0.5) is 0 Å². The largest absolute Gasteiger partial charge is 0.330 e.